The number of aliphatic imine (C=N–C) groups is 1. The monoisotopic (exact) mass is 464 g/mol. The molecular weight excluding hydrogens is 444 g/mol. The number of rotatable bonds is 4. The van der Waals surface area contributed by atoms with E-state index in [2.05, 4.69) is 112 Å². The van der Waals surface area contributed by atoms with Gasteiger partial charge in [0.05, 0.1) is 6.04 Å². The number of amidine groups is 1. The lowest BCUT2D eigenvalue weighted by atomic mass is 9.98. The molecule has 4 aromatic rings. The van der Waals surface area contributed by atoms with E-state index in [1.54, 1.807) is 0 Å². The third-order valence-electron chi connectivity index (χ3n) is 5.41. The first-order chi connectivity index (χ1) is 15.3. The molecule has 0 bridgehead atoms. The van der Waals surface area contributed by atoms with Crippen LogP contribution in [0, 0.1) is 0 Å². The molecule has 0 saturated carbocycles. The van der Waals surface area contributed by atoms with Gasteiger partial charge in [-0.25, -0.2) is 0 Å². The summed E-state index contributed by atoms with van der Waals surface area (Å²) in [6.07, 6.45) is 2.20. The molecule has 2 nitrogen and oxygen atoms in total. The van der Waals surface area contributed by atoms with Crippen molar-refractivity contribution in [3.8, 4) is 11.1 Å². The number of benzene rings is 4. The highest BCUT2D eigenvalue weighted by molar-refractivity contribution is 9.10. The Labute approximate surface area is 191 Å². The summed E-state index contributed by atoms with van der Waals surface area (Å²) < 4.78 is 1.09. The highest BCUT2D eigenvalue weighted by Crippen LogP contribution is 2.30. The maximum Gasteiger partial charge on any atom is 0.133 e. The third kappa shape index (κ3) is 4.37. The molecular formula is C28H21BrN2. The van der Waals surface area contributed by atoms with Gasteiger partial charge in [-0.2, -0.15) is 0 Å². The van der Waals surface area contributed by atoms with Gasteiger partial charge in [0, 0.05) is 15.7 Å². The topological polar surface area (TPSA) is 24.4 Å². The van der Waals surface area contributed by atoms with Gasteiger partial charge in [0.2, 0.25) is 0 Å². The zero-order valence-corrected chi connectivity index (χ0v) is 18.5. The normalized spacial score (nSPS) is 15.6. The Kier molecular flexibility index (Phi) is 5.51. The number of halogens is 1. The van der Waals surface area contributed by atoms with Crippen molar-refractivity contribution >= 4 is 27.5 Å². The van der Waals surface area contributed by atoms with Crippen LogP contribution in [0.4, 0.5) is 0 Å². The molecule has 1 heterocycles. The molecule has 1 aliphatic rings. The SMILES string of the molecule is Brc1ccc(-c2ccc(C3C=C(c4ccccc4)NC(c4ccccc4)=N3)cc2)cc1. The fraction of sp³-hybridized carbons (Fsp3) is 0.0357. The van der Waals surface area contributed by atoms with Gasteiger partial charge in [0.1, 0.15) is 5.84 Å². The van der Waals surface area contributed by atoms with E-state index >= 15 is 0 Å². The van der Waals surface area contributed by atoms with Crippen LogP contribution in [-0.4, -0.2) is 5.84 Å². The second-order valence-electron chi connectivity index (χ2n) is 7.49. The molecule has 4 aromatic carbocycles. The molecule has 0 amide bonds. The molecule has 150 valence electrons. The first kappa shape index (κ1) is 19.5. The summed E-state index contributed by atoms with van der Waals surface area (Å²) in [7, 11) is 0. The lowest BCUT2D eigenvalue weighted by molar-refractivity contribution is 0.880. The summed E-state index contributed by atoms with van der Waals surface area (Å²) >= 11 is 3.50. The molecule has 0 aliphatic carbocycles. The van der Waals surface area contributed by atoms with E-state index in [0.717, 1.165) is 27.1 Å². The third-order valence-corrected chi connectivity index (χ3v) is 5.94. The Hall–Kier alpha value is -3.43. The molecule has 1 aliphatic heterocycles. The molecule has 0 aromatic heterocycles. The van der Waals surface area contributed by atoms with E-state index in [0.29, 0.717) is 0 Å². The standard InChI is InChI=1S/C28H21BrN2/c29-25-17-15-21(16-18-25)20-11-13-23(14-12-20)27-19-26(22-7-3-1-4-8-22)30-28(31-27)24-9-5-2-6-10-24/h1-19,27H,(H,30,31). The molecule has 3 heteroatoms. The molecule has 0 radical (unpaired) electrons. The fourth-order valence-electron chi connectivity index (χ4n) is 3.75. The van der Waals surface area contributed by atoms with Gasteiger partial charge in [-0.3, -0.25) is 4.99 Å². The predicted molar refractivity (Wildman–Crippen MR) is 133 cm³/mol. The summed E-state index contributed by atoms with van der Waals surface area (Å²) in [6, 6.07) is 37.8. The number of nitrogens with one attached hydrogen (secondary N) is 1. The van der Waals surface area contributed by atoms with E-state index in [1.165, 1.54) is 16.7 Å². The second-order valence-corrected chi connectivity index (χ2v) is 8.40. The lowest BCUT2D eigenvalue weighted by Gasteiger charge is -2.23. The number of hydrogen-bond acceptors (Lipinski definition) is 2. The highest BCUT2D eigenvalue weighted by Gasteiger charge is 2.19. The van der Waals surface area contributed by atoms with Gasteiger partial charge in [-0.1, -0.05) is 113 Å². The largest absolute Gasteiger partial charge is 0.340 e. The summed E-state index contributed by atoms with van der Waals surface area (Å²) in [5.41, 5.74) is 6.89. The molecule has 0 fully saturated rings. The van der Waals surface area contributed by atoms with Crippen molar-refractivity contribution in [3.05, 3.63) is 136 Å². The first-order valence-corrected chi connectivity index (χ1v) is 11.1. The van der Waals surface area contributed by atoms with Gasteiger partial charge in [-0.15, -0.1) is 0 Å². The van der Waals surface area contributed by atoms with Crippen LogP contribution in [0.3, 0.4) is 0 Å². The summed E-state index contributed by atoms with van der Waals surface area (Å²) in [4.78, 5) is 5.03. The van der Waals surface area contributed by atoms with Crippen molar-refractivity contribution in [2.24, 2.45) is 4.99 Å². The minimum Gasteiger partial charge on any atom is -0.340 e. The Morgan fingerprint density at radius 2 is 1.13 bits per heavy atom. The molecule has 0 spiro atoms. The summed E-state index contributed by atoms with van der Waals surface area (Å²) in [5.74, 6) is 0.893. The minimum absolute atomic E-state index is 0.0503. The maximum atomic E-state index is 5.03. The minimum atomic E-state index is -0.0503. The Bertz CT molecular complexity index is 1170. The van der Waals surface area contributed by atoms with Crippen LogP contribution in [0.2, 0.25) is 0 Å². The zero-order chi connectivity index (χ0) is 21.0. The van der Waals surface area contributed by atoms with Crippen LogP contribution in [-0.2, 0) is 0 Å². The Balaban J connectivity index is 1.51. The van der Waals surface area contributed by atoms with Crippen molar-refractivity contribution in [1.29, 1.82) is 0 Å². The van der Waals surface area contributed by atoms with E-state index in [-0.39, 0.29) is 6.04 Å². The van der Waals surface area contributed by atoms with Crippen LogP contribution in [0.1, 0.15) is 22.7 Å². The van der Waals surface area contributed by atoms with Gasteiger partial charge in [-0.05, 0) is 40.5 Å². The van der Waals surface area contributed by atoms with Crippen LogP contribution >= 0.6 is 15.9 Å². The number of nitrogens with zero attached hydrogens (tertiary/aromatic N) is 1. The van der Waals surface area contributed by atoms with Gasteiger partial charge in [0.15, 0.2) is 0 Å². The quantitative estimate of drug-likeness (QED) is 0.337. The molecule has 5 rings (SSSR count). The maximum absolute atomic E-state index is 5.03. The molecule has 31 heavy (non-hydrogen) atoms. The second kappa shape index (κ2) is 8.75. The van der Waals surface area contributed by atoms with Gasteiger partial charge < -0.3 is 5.32 Å². The number of hydrogen-bond donors (Lipinski definition) is 1. The van der Waals surface area contributed by atoms with E-state index in [1.807, 2.05) is 24.3 Å². The average Bonchev–Trinajstić information content (AvgIpc) is 2.85. The van der Waals surface area contributed by atoms with Gasteiger partial charge >= 0.3 is 0 Å². The van der Waals surface area contributed by atoms with E-state index < -0.39 is 0 Å². The van der Waals surface area contributed by atoms with Gasteiger partial charge in [0.25, 0.3) is 0 Å². The Morgan fingerprint density at radius 1 is 0.581 bits per heavy atom. The summed E-state index contributed by atoms with van der Waals surface area (Å²) in [5, 5.41) is 3.53. The van der Waals surface area contributed by atoms with E-state index in [9.17, 15) is 0 Å². The molecule has 1 atom stereocenters. The van der Waals surface area contributed by atoms with Crippen LogP contribution in [0.5, 0.6) is 0 Å². The summed E-state index contributed by atoms with van der Waals surface area (Å²) in [6.45, 7) is 0. The predicted octanol–water partition coefficient (Wildman–Crippen LogP) is 7.25. The zero-order valence-electron chi connectivity index (χ0n) is 16.9. The first-order valence-electron chi connectivity index (χ1n) is 10.3. The van der Waals surface area contributed by atoms with Crippen molar-refractivity contribution in [2.45, 2.75) is 6.04 Å². The van der Waals surface area contributed by atoms with Crippen LogP contribution < -0.4 is 5.32 Å². The smallest absolute Gasteiger partial charge is 0.133 e. The van der Waals surface area contributed by atoms with Crippen molar-refractivity contribution < 1.29 is 0 Å². The molecule has 1 N–H and O–H groups in total. The van der Waals surface area contributed by atoms with Crippen molar-refractivity contribution in [2.75, 3.05) is 0 Å². The van der Waals surface area contributed by atoms with Crippen molar-refractivity contribution in [3.63, 3.8) is 0 Å². The van der Waals surface area contributed by atoms with Crippen LogP contribution in [0.25, 0.3) is 16.8 Å². The Morgan fingerprint density at radius 3 is 1.74 bits per heavy atom. The molecule has 1 unspecified atom stereocenters. The average molecular weight is 465 g/mol. The van der Waals surface area contributed by atoms with Crippen LogP contribution in [0.15, 0.2) is 125 Å². The van der Waals surface area contributed by atoms with Crippen molar-refractivity contribution in [1.82, 2.24) is 5.32 Å². The lowest BCUT2D eigenvalue weighted by Crippen LogP contribution is -2.27. The fourth-order valence-corrected chi connectivity index (χ4v) is 4.01. The molecule has 0 saturated heterocycles. The van der Waals surface area contributed by atoms with E-state index in [4.69, 9.17) is 4.99 Å². The highest BCUT2D eigenvalue weighted by atomic mass is 79.9.